The second-order valence-electron chi connectivity index (χ2n) is 4.08. The zero-order valence-corrected chi connectivity index (χ0v) is 11.5. The van der Waals surface area contributed by atoms with Gasteiger partial charge in [0, 0.05) is 22.9 Å². The number of anilines is 1. The van der Waals surface area contributed by atoms with Gasteiger partial charge in [-0.2, -0.15) is 0 Å². The third-order valence-corrected chi connectivity index (χ3v) is 3.87. The van der Waals surface area contributed by atoms with Gasteiger partial charge in [0.2, 0.25) is 0 Å². The van der Waals surface area contributed by atoms with E-state index in [9.17, 15) is 20.0 Å². The summed E-state index contributed by atoms with van der Waals surface area (Å²) in [4.78, 5) is 26.1. The Labute approximate surface area is 124 Å². The van der Waals surface area contributed by atoms with Crippen LogP contribution in [-0.4, -0.2) is 21.0 Å². The van der Waals surface area contributed by atoms with Gasteiger partial charge >= 0.3 is 5.97 Å². The molecule has 0 aliphatic rings. The molecule has 0 saturated heterocycles. The van der Waals surface area contributed by atoms with E-state index in [-0.39, 0.29) is 11.3 Å². The zero-order chi connectivity index (χ0) is 15.4. The fourth-order valence-electron chi connectivity index (χ4n) is 1.79. The van der Waals surface area contributed by atoms with E-state index in [4.69, 9.17) is 5.73 Å². The van der Waals surface area contributed by atoms with Crippen LogP contribution in [0.15, 0.2) is 41.6 Å². The Bertz CT molecular complexity index is 706. The topological polar surface area (TPSA) is 119 Å². The Balaban J connectivity index is 2.32. The smallest absolute Gasteiger partial charge is 0.343 e. The van der Waals surface area contributed by atoms with Crippen molar-refractivity contribution in [1.29, 1.82) is 0 Å². The normalized spacial score (nSPS) is 10.3. The lowest BCUT2D eigenvalue weighted by atomic mass is 10.1. The van der Waals surface area contributed by atoms with E-state index < -0.39 is 16.6 Å². The first-order chi connectivity index (χ1) is 10.0. The van der Waals surface area contributed by atoms with E-state index in [1.165, 1.54) is 30.1 Å². The second-order valence-corrected chi connectivity index (χ2v) is 5.09. The Morgan fingerprint density at radius 1 is 1.43 bits per heavy atom. The van der Waals surface area contributed by atoms with Crippen molar-refractivity contribution in [3.63, 3.8) is 0 Å². The molecule has 0 unspecified atom stereocenters. The number of carboxylic acid groups (broad SMARTS) is 1. The maximum absolute atomic E-state index is 11.3. The number of nitro groups is 1. The number of thioether (sulfide) groups is 1. The van der Waals surface area contributed by atoms with E-state index in [1.54, 1.807) is 18.3 Å². The average molecular weight is 305 g/mol. The van der Waals surface area contributed by atoms with Gasteiger partial charge < -0.3 is 10.8 Å². The lowest BCUT2D eigenvalue weighted by Crippen LogP contribution is -2.06. The lowest BCUT2D eigenvalue weighted by molar-refractivity contribution is -0.385. The van der Waals surface area contributed by atoms with Crippen molar-refractivity contribution in [1.82, 2.24) is 4.98 Å². The molecule has 0 fully saturated rings. The predicted octanol–water partition coefficient (Wildman–Crippen LogP) is 2.56. The molecule has 21 heavy (non-hydrogen) atoms. The van der Waals surface area contributed by atoms with Crippen LogP contribution in [0.4, 0.5) is 11.4 Å². The first-order valence-corrected chi connectivity index (χ1v) is 6.81. The van der Waals surface area contributed by atoms with Crippen LogP contribution in [0, 0.1) is 10.1 Å². The standard InChI is InChI=1S/C13H11N3O4S/c14-9-6-15-5-4-11(9)21-7-8-2-1-3-10(16(19)20)12(8)13(17)18/h1-6H,7,14H2,(H,17,18). The van der Waals surface area contributed by atoms with Gasteiger partial charge in [-0.05, 0) is 11.6 Å². The fraction of sp³-hybridized carbons (Fsp3) is 0.0769. The van der Waals surface area contributed by atoms with Crippen LogP contribution in [-0.2, 0) is 5.75 Å². The number of pyridine rings is 1. The number of nitrogens with zero attached hydrogens (tertiary/aromatic N) is 2. The fourth-order valence-corrected chi connectivity index (χ4v) is 2.71. The van der Waals surface area contributed by atoms with Crippen LogP contribution in [0.2, 0.25) is 0 Å². The van der Waals surface area contributed by atoms with Crippen molar-refractivity contribution in [2.45, 2.75) is 10.6 Å². The van der Waals surface area contributed by atoms with Crippen LogP contribution in [0.25, 0.3) is 0 Å². The minimum atomic E-state index is -1.32. The highest BCUT2D eigenvalue weighted by atomic mass is 32.2. The summed E-state index contributed by atoms with van der Waals surface area (Å²) in [6.07, 6.45) is 3.07. The number of aromatic carboxylic acids is 1. The highest BCUT2D eigenvalue weighted by Gasteiger charge is 2.23. The second kappa shape index (κ2) is 6.23. The molecule has 1 aromatic carbocycles. The Morgan fingerprint density at radius 3 is 2.81 bits per heavy atom. The van der Waals surface area contributed by atoms with Crippen LogP contribution in [0.3, 0.4) is 0 Å². The summed E-state index contributed by atoms with van der Waals surface area (Å²) in [7, 11) is 0. The molecule has 0 radical (unpaired) electrons. The number of nitrogens with two attached hydrogens (primary N) is 1. The van der Waals surface area contributed by atoms with Gasteiger partial charge in [0.1, 0.15) is 5.56 Å². The number of nitrogen functional groups attached to an aromatic ring is 1. The SMILES string of the molecule is Nc1cnccc1SCc1cccc([N+](=O)[O-])c1C(=O)O. The Hall–Kier alpha value is -2.61. The molecule has 2 aromatic rings. The highest BCUT2D eigenvalue weighted by Crippen LogP contribution is 2.31. The average Bonchev–Trinajstić information content (AvgIpc) is 2.45. The molecule has 0 amide bonds. The van der Waals surface area contributed by atoms with Crippen LogP contribution < -0.4 is 5.73 Å². The molecule has 0 saturated carbocycles. The largest absolute Gasteiger partial charge is 0.477 e. The molecule has 2 rings (SSSR count). The van der Waals surface area contributed by atoms with E-state index in [0.717, 1.165) is 4.90 Å². The first kappa shape index (κ1) is 14.8. The number of hydrogen-bond donors (Lipinski definition) is 2. The van der Waals surface area contributed by atoms with Crippen LogP contribution in [0.1, 0.15) is 15.9 Å². The number of aromatic nitrogens is 1. The van der Waals surface area contributed by atoms with Gasteiger partial charge in [0.15, 0.2) is 0 Å². The van der Waals surface area contributed by atoms with Gasteiger partial charge in [-0.1, -0.05) is 12.1 Å². The van der Waals surface area contributed by atoms with Crippen molar-refractivity contribution < 1.29 is 14.8 Å². The van der Waals surface area contributed by atoms with E-state index >= 15 is 0 Å². The Kier molecular flexibility index (Phi) is 4.39. The van der Waals surface area contributed by atoms with E-state index in [0.29, 0.717) is 11.3 Å². The zero-order valence-electron chi connectivity index (χ0n) is 10.7. The van der Waals surface area contributed by atoms with Gasteiger partial charge in [-0.3, -0.25) is 15.1 Å². The summed E-state index contributed by atoms with van der Waals surface area (Å²) in [6, 6.07) is 5.91. The number of benzene rings is 1. The molecular weight excluding hydrogens is 294 g/mol. The molecule has 108 valence electrons. The maximum Gasteiger partial charge on any atom is 0.343 e. The van der Waals surface area contributed by atoms with Gasteiger partial charge in [-0.15, -0.1) is 11.8 Å². The molecular formula is C13H11N3O4S. The van der Waals surface area contributed by atoms with Crippen molar-refractivity contribution in [3.05, 3.63) is 57.9 Å². The monoisotopic (exact) mass is 305 g/mol. The van der Waals surface area contributed by atoms with Crippen molar-refractivity contribution in [3.8, 4) is 0 Å². The molecule has 7 nitrogen and oxygen atoms in total. The number of carboxylic acids is 1. The van der Waals surface area contributed by atoms with Crippen molar-refractivity contribution in [2.24, 2.45) is 0 Å². The predicted molar refractivity (Wildman–Crippen MR) is 78.3 cm³/mol. The first-order valence-electron chi connectivity index (χ1n) is 5.82. The molecule has 1 heterocycles. The van der Waals surface area contributed by atoms with Gasteiger partial charge in [0.05, 0.1) is 16.8 Å². The summed E-state index contributed by atoms with van der Waals surface area (Å²) in [5.74, 6) is -1.06. The van der Waals surface area contributed by atoms with Crippen LogP contribution >= 0.6 is 11.8 Å². The quantitative estimate of drug-likeness (QED) is 0.495. The summed E-state index contributed by atoms with van der Waals surface area (Å²) in [6.45, 7) is 0. The third-order valence-electron chi connectivity index (χ3n) is 2.73. The third kappa shape index (κ3) is 3.29. The van der Waals surface area contributed by atoms with Gasteiger partial charge in [-0.25, -0.2) is 4.79 Å². The molecule has 8 heteroatoms. The minimum absolute atomic E-state index is 0.261. The van der Waals surface area contributed by atoms with E-state index in [2.05, 4.69) is 4.98 Å². The highest BCUT2D eigenvalue weighted by molar-refractivity contribution is 7.98. The summed E-state index contributed by atoms with van der Waals surface area (Å²) in [5.41, 5.74) is 5.90. The maximum atomic E-state index is 11.3. The number of carbonyl (C=O) groups is 1. The molecule has 0 aliphatic heterocycles. The number of hydrogen-bond acceptors (Lipinski definition) is 6. The van der Waals surface area contributed by atoms with Gasteiger partial charge in [0.25, 0.3) is 5.69 Å². The summed E-state index contributed by atoms with van der Waals surface area (Å²) in [5, 5.41) is 20.1. The summed E-state index contributed by atoms with van der Waals surface area (Å²) < 4.78 is 0. The molecule has 1 aromatic heterocycles. The number of nitro benzene ring substituents is 1. The van der Waals surface area contributed by atoms with Crippen molar-refractivity contribution in [2.75, 3.05) is 5.73 Å². The Morgan fingerprint density at radius 2 is 2.19 bits per heavy atom. The molecule has 0 bridgehead atoms. The molecule has 0 spiro atoms. The van der Waals surface area contributed by atoms with Crippen LogP contribution in [0.5, 0.6) is 0 Å². The van der Waals surface area contributed by atoms with E-state index in [1.807, 2.05) is 0 Å². The molecule has 0 atom stereocenters. The molecule has 3 N–H and O–H groups in total. The number of rotatable bonds is 5. The molecule has 0 aliphatic carbocycles. The lowest BCUT2D eigenvalue weighted by Gasteiger charge is -2.07. The summed E-state index contributed by atoms with van der Waals surface area (Å²) >= 11 is 1.30. The minimum Gasteiger partial charge on any atom is -0.477 e. The van der Waals surface area contributed by atoms with Crippen molar-refractivity contribution >= 4 is 29.1 Å².